The Morgan fingerprint density at radius 3 is 2.16 bits per heavy atom. The molecule has 2 saturated carbocycles. The molecule has 4 aliphatic rings. The van der Waals surface area contributed by atoms with Gasteiger partial charge in [-0.25, -0.2) is 4.98 Å². The molecule has 4 fully saturated rings. The van der Waals surface area contributed by atoms with E-state index in [0.29, 0.717) is 23.5 Å². The van der Waals surface area contributed by atoms with Crippen molar-refractivity contribution in [2.45, 2.75) is 101 Å². The van der Waals surface area contributed by atoms with Gasteiger partial charge in [0.1, 0.15) is 0 Å². The Kier molecular flexibility index (Phi) is 6.03. The third-order valence-electron chi connectivity index (χ3n) is 9.96. The van der Waals surface area contributed by atoms with Gasteiger partial charge in [-0.1, -0.05) is 50.3 Å². The number of aromatic amines is 1. The smallest absolute Gasteiger partial charge is 0.279 e. The van der Waals surface area contributed by atoms with Crippen molar-refractivity contribution in [3.05, 3.63) is 63.2 Å². The number of nitrogens with zero attached hydrogens (tertiary/aromatic N) is 3. The van der Waals surface area contributed by atoms with Gasteiger partial charge >= 0.3 is 0 Å². The van der Waals surface area contributed by atoms with Crippen molar-refractivity contribution >= 4 is 11.0 Å². The summed E-state index contributed by atoms with van der Waals surface area (Å²) in [7, 11) is 0. The van der Waals surface area contributed by atoms with Crippen molar-refractivity contribution < 1.29 is 0 Å². The molecule has 4 unspecified atom stereocenters. The Bertz CT molecular complexity index is 1380. The van der Waals surface area contributed by atoms with Crippen LogP contribution in [-0.4, -0.2) is 37.6 Å². The van der Waals surface area contributed by atoms with E-state index in [1.54, 1.807) is 12.1 Å². The normalized spacial score (nSPS) is 32.2. The molecule has 4 bridgehead atoms. The highest BCUT2D eigenvalue weighted by atomic mass is 16.1. The Hall–Kier alpha value is -2.73. The highest BCUT2D eigenvalue weighted by Gasteiger charge is 2.45. The van der Waals surface area contributed by atoms with Crippen LogP contribution in [-0.2, 0) is 0 Å². The summed E-state index contributed by atoms with van der Waals surface area (Å²) in [5.74, 6) is 1.85. The predicted molar refractivity (Wildman–Crippen MR) is 147 cm³/mol. The topological polar surface area (TPSA) is 71.0 Å². The van der Waals surface area contributed by atoms with E-state index in [1.807, 2.05) is 28.8 Å². The average molecular weight is 499 g/mol. The number of hydrogen-bond donors (Lipinski definition) is 1. The molecular formula is C31H38N4O2. The van der Waals surface area contributed by atoms with Crippen LogP contribution in [0.15, 0.2) is 52.1 Å². The number of rotatable bonds is 3. The van der Waals surface area contributed by atoms with E-state index in [-0.39, 0.29) is 17.2 Å². The lowest BCUT2D eigenvalue weighted by Crippen LogP contribution is -2.58. The number of para-hydroxylation sites is 2. The quantitative estimate of drug-likeness (QED) is 0.505. The molecular weight excluding hydrogens is 460 g/mol. The van der Waals surface area contributed by atoms with Crippen LogP contribution >= 0.6 is 0 Å². The highest BCUT2D eigenvalue weighted by Crippen LogP contribution is 2.47. The Balaban J connectivity index is 1.26. The molecule has 4 atom stereocenters. The Labute approximate surface area is 218 Å². The zero-order valence-electron chi connectivity index (χ0n) is 21.6. The van der Waals surface area contributed by atoms with Crippen molar-refractivity contribution in [1.29, 1.82) is 0 Å². The number of H-pyrrole nitrogens is 1. The molecule has 0 radical (unpaired) electrons. The van der Waals surface area contributed by atoms with Crippen LogP contribution in [0, 0.1) is 11.8 Å². The summed E-state index contributed by atoms with van der Waals surface area (Å²) in [4.78, 5) is 36.6. The van der Waals surface area contributed by atoms with Crippen LogP contribution in [0.2, 0.25) is 0 Å². The van der Waals surface area contributed by atoms with Crippen molar-refractivity contribution in [1.82, 2.24) is 19.4 Å². The number of nitrogens with one attached hydrogen (secondary N) is 1. The molecule has 1 N–H and O–H groups in total. The first-order chi connectivity index (χ1) is 18.1. The molecule has 194 valence electrons. The van der Waals surface area contributed by atoms with Gasteiger partial charge in [0.25, 0.3) is 5.56 Å². The molecule has 6 nitrogen and oxygen atoms in total. The molecule has 37 heavy (non-hydrogen) atoms. The zero-order chi connectivity index (χ0) is 24.9. The van der Waals surface area contributed by atoms with E-state index in [0.717, 1.165) is 41.8 Å². The Morgan fingerprint density at radius 1 is 0.703 bits per heavy atom. The summed E-state index contributed by atoms with van der Waals surface area (Å²) < 4.78 is 2.03. The molecule has 4 heterocycles. The van der Waals surface area contributed by atoms with Gasteiger partial charge in [0, 0.05) is 30.2 Å². The molecule has 7 rings (SSSR count). The van der Waals surface area contributed by atoms with Gasteiger partial charge in [-0.2, -0.15) is 0 Å². The molecule has 6 heteroatoms. The van der Waals surface area contributed by atoms with Crippen molar-refractivity contribution in [3.63, 3.8) is 0 Å². The molecule has 2 aromatic heterocycles. The van der Waals surface area contributed by atoms with E-state index in [2.05, 4.69) is 9.88 Å². The first kappa shape index (κ1) is 23.4. The fourth-order valence-electron chi connectivity index (χ4n) is 8.58. The van der Waals surface area contributed by atoms with Crippen LogP contribution in [0.4, 0.5) is 0 Å². The van der Waals surface area contributed by atoms with Crippen molar-refractivity contribution in [2.75, 3.05) is 0 Å². The van der Waals surface area contributed by atoms with E-state index in [1.165, 1.54) is 70.3 Å². The van der Waals surface area contributed by atoms with E-state index in [4.69, 9.17) is 4.98 Å². The monoisotopic (exact) mass is 498 g/mol. The standard InChI is InChI=1S/C31H38N4O2/c36-29-14-6-12-27(32-29)30-31(37)35(28-13-4-3-11-26(28)33-30)25-18-22-9-5-10-23(19-25)34(22)24-16-20-7-1-2-8-21(15-20)17-24/h3-4,6,11-14,20-25H,1-2,5,7-10,15-19H2,(H,32,36). The molecule has 0 spiro atoms. The van der Waals surface area contributed by atoms with Gasteiger partial charge in [-0.05, 0) is 75.0 Å². The van der Waals surface area contributed by atoms with Crippen molar-refractivity contribution in [3.8, 4) is 11.4 Å². The van der Waals surface area contributed by atoms with Crippen LogP contribution in [0.5, 0.6) is 0 Å². The van der Waals surface area contributed by atoms with Crippen LogP contribution < -0.4 is 11.1 Å². The largest absolute Gasteiger partial charge is 0.320 e. The van der Waals surface area contributed by atoms with Gasteiger partial charge in [-0.3, -0.25) is 14.5 Å². The van der Waals surface area contributed by atoms with Gasteiger partial charge in [0.2, 0.25) is 5.56 Å². The van der Waals surface area contributed by atoms with Crippen LogP contribution in [0.1, 0.15) is 83.1 Å². The minimum atomic E-state index is -0.214. The fourth-order valence-corrected chi connectivity index (χ4v) is 8.58. The maximum Gasteiger partial charge on any atom is 0.279 e. The van der Waals surface area contributed by atoms with E-state index < -0.39 is 0 Å². The maximum atomic E-state index is 14.0. The number of pyridine rings is 1. The number of piperidine rings is 2. The number of fused-ring (bicyclic) bond motifs is 5. The first-order valence-electron chi connectivity index (χ1n) is 14.6. The van der Waals surface area contributed by atoms with E-state index in [9.17, 15) is 9.59 Å². The second kappa shape index (κ2) is 9.54. The number of benzene rings is 1. The number of hydrogen-bond acceptors (Lipinski definition) is 4. The lowest BCUT2D eigenvalue weighted by atomic mass is 9.73. The summed E-state index contributed by atoms with van der Waals surface area (Å²) in [6.07, 6.45) is 15.8. The maximum absolute atomic E-state index is 14.0. The van der Waals surface area contributed by atoms with Gasteiger partial charge in [0.15, 0.2) is 5.69 Å². The van der Waals surface area contributed by atoms with Crippen molar-refractivity contribution in [2.24, 2.45) is 11.8 Å². The van der Waals surface area contributed by atoms with E-state index >= 15 is 0 Å². The zero-order valence-corrected chi connectivity index (χ0v) is 21.6. The summed E-state index contributed by atoms with van der Waals surface area (Å²) in [6, 6.07) is 14.9. The van der Waals surface area contributed by atoms with Gasteiger partial charge < -0.3 is 9.55 Å². The average Bonchev–Trinajstić information content (AvgIpc) is 3.07. The van der Waals surface area contributed by atoms with Gasteiger partial charge in [0.05, 0.1) is 16.7 Å². The second-order valence-corrected chi connectivity index (χ2v) is 12.2. The summed E-state index contributed by atoms with van der Waals surface area (Å²) in [5.41, 5.74) is 2.27. The molecule has 0 amide bonds. The molecule has 1 aromatic carbocycles. The molecule has 2 aliphatic heterocycles. The third-order valence-corrected chi connectivity index (χ3v) is 9.96. The SMILES string of the molecule is O=c1cccc(-c2nc3ccccc3n(C3CC4CCCC(C3)N4C3CC4CCCCC(C4)C3)c2=O)[nH]1. The molecule has 2 aliphatic carbocycles. The highest BCUT2D eigenvalue weighted by molar-refractivity contribution is 5.77. The Morgan fingerprint density at radius 2 is 1.43 bits per heavy atom. The minimum absolute atomic E-state index is 0.0826. The van der Waals surface area contributed by atoms with Crippen LogP contribution in [0.25, 0.3) is 22.4 Å². The predicted octanol–water partition coefficient (Wildman–Crippen LogP) is 5.67. The second-order valence-electron chi connectivity index (χ2n) is 12.2. The molecule has 2 saturated heterocycles. The third kappa shape index (κ3) is 4.27. The summed E-state index contributed by atoms with van der Waals surface area (Å²) in [6.45, 7) is 0. The lowest BCUT2D eigenvalue weighted by molar-refractivity contribution is -0.0420. The first-order valence-corrected chi connectivity index (χ1v) is 14.6. The number of aromatic nitrogens is 3. The minimum Gasteiger partial charge on any atom is -0.320 e. The molecule has 3 aromatic rings. The fraction of sp³-hybridized carbons (Fsp3) is 0.581. The summed E-state index contributed by atoms with van der Waals surface area (Å²) >= 11 is 0. The van der Waals surface area contributed by atoms with Crippen LogP contribution in [0.3, 0.4) is 0 Å². The van der Waals surface area contributed by atoms with Gasteiger partial charge in [-0.15, -0.1) is 0 Å². The summed E-state index contributed by atoms with van der Waals surface area (Å²) in [5, 5.41) is 0. The lowest BCUT2D eigenvalue weighted by Gasteiger charge is -2.54.